The molecule has 160 valence electrons. The van der Waals surface area contributed by atoms with Crippen LogP contribution in [0.15, 0.2) is 76.2 Å². The van der Waals surface area contributed by atoms with Crippen molar-refractivity contribution in [1.29, 1.82) is 0 Å². The summed E-state index contributed by atoms with van der Waals surface area (Å²) in [6, 6.07) is 17.9. The standard InChI is InChI=1S/C23H22N2O5S/c1-29-18-7-9-19(10-8-18)31(27,28)25-13-12-24-22(26)14-17-15-30-21-11-6-16-4-2-3-5-20(16)23(17)21/h2-11,15,25H,12-14H2,1H3,(H,24,26). The number of methoxy groups -OCH3 is 1. The maximum absolute atomic E-state index is 12.4. The number of fused-ring (bicyclic) bond motifs is 3. The second-order valence-corrected chi connectivity index (χ2v) is 8.79. The van der Waals surface area contributed by atoms with Gasteiger partial charge in [0.15, 0.2) is 0 Å². The summed E-state index contributed by atoms with van der Waals surface area (Å²) in [6.07, 6.45) is 1.75. The zero-order valence-electron chi connectivity index (χ0n) is 16.9. The fraction of sp³-hybridized carbons (Fsp3) is 0.174. The highest BCUT2D eigenvalue weighted by Crippen LogP contribution is 2.30. The second kappa shape index (κ2) is 8.79. The van der Waals surface area contributed by atoms with Gasteiger partial charge in [0.1, 0.15) is 11.3 Å². The fourth-order valence-corrected chi connectivity index (χ4v) is 4.50. The Labute approximate surface area is 180 Å². The first-order chi connectivity index (χ1) is 15.0. The highest BCUT2D eigenvalue weighted by molar-refractivity contribution is 7.89. The van der Waals surface area contributed by atoms with Crippen LogP contribution in [-0.4, -0.2) is 34.5 Å². The predicted molar refractivity (Wildman–Crippen MR) is 119 cm³/mol. The zero-order valence-corrected chi connectivity index (χ0v) is 17.7. The second-order valence-electron chi connectivity index (χ2n) is 7.02. The molecule has 1 amide bonds. The van der Waals surface area contributed by atoms with Crippen molar-refractivity contribution in [3.8, 4) is 5.75 Å². The van der Waals surface area contributed by atoms with Crippen molar-refractivity contribution >= 4 is 37.7 Å². The first-order valence-corrected chi connectivity index (χ1v) is 11.2. The monoisotopic (exact) mass is 438 g/mol. The van der Waals surface area contributed by atoms with Crippen LogP contribution in [-0.2, 0) is 21.2 Å². The Morgan fingerprint density at radius 2 is 1.77 bits per heavy atom. The Morgan fingerprint density at radius 3 is 2.55 bits per heavy atom. The Hall–Kier alpha value is -3.36. The quantitative estimate of drug-likeness (QED) is 0.412. The largest absolute Gasteiger partial charge is 0.497 e. The number of sulfonamides is 1. The lowest BCUT2D eigenvalue weighted by Crippen LogP contribution is -2.35. The summed E-state index contributed by atoms with van der Waals surface area (Å²) in [5.74, 6) is 0.366. The van der Waals surface area contributed by atoms with Gasteiger partial charge in [-0.2, -0.15) is 0 Å². The molecule has 0 saturated heterocycles. The molecule has 0 aliphatic rings. The Balaban J connectivity index is 1.35. The molecule has 1 heterocycles. The molecule has 0 atom stereocenters. The van der Waals surface area contributed by atoms with Crippen molar-refractivity contribution < 1.29 is 22.4 Å². The minimum absolute atomic E-state index is 0.0785. The number of ether oxygens (including phenoxy) is 1. The molecule has 0 bridgehead atoms. The number of hydrogen-bond donors (Lipinski definition) is 2. The molecule has 1 aromatic heterocycles. The normalized spacial score (nSPS) is 11.6. The van der Waals surface area contributed by atoms with Crippen LogP contribution in [0.3, 0.4) is 0 Å². The van der Waals surface area contributed by atoms with Crippen molar-refractivity contribution in [3.05, 3.63) is 72.5 Å². The molecule has 0 radical (unpaired) electrons. The first-order valence-electron chi connectivity index (χ1n) is 9.76. The number of nitrogens with one attached hydrogen (secondary N) is 2. The van der Waals surface area contributed by atoms with E-state index < -0.39 is 10.0 Å². The van der Waals surface area contributed by atoms with E-state index in [2.05, 4.69) is 10.0 Å². The van der Waals surface area contributed by atoms with Gasteiger partial charge in [-0.15, -0.1) is 0 Å². The average molecular weight is 439 g/mol. The lowest BCUT2D eigenvalue weighted by atomic mass is 10.0. The molecule has 0 aliphatic carbocycles. The summed E-state index contributed by atoms with van der Waals surface area (Å²) in [4.78, 5) is 12.5. The van der Waals surface area contributed by atoms with Gasteiger partial charge in [-0.05, 0) is 41.1 Å². The van der Waals surface area contributed by atoms with Crippen molar-refractivity contribution in [2.24, 2.45) is 0 Å². The third-order valence-electron chi connectivity index (χ3n) is 5.00. The van der Waals surface area contributed by atoms with E-state index in [0.717, 1.165) is 27.3 Å². The van der Waals surface area contributed by atoms with Gasteiger partial charge in [0.2, 0.25) is 15.9 Å². The predicted octanol–water partition coefficient (Wildman–Crippen LogP) is 3.23. The van der Waals surface area contributed by atoms with Gasteiger partial charge < -0.3 is 14.5 Å². The van der Waals surface area contributed by atoms with E-state index in [9.17, 15) is 13.2 Å². The number of hydrogen-bond acceptors (Lipinski definition) is 5. The molecule has 8 heteroatoms. The fourth-order valence-electron chi connectivity index (χ4n) is 3.47. The van der Waals surface area contributed by atoms with Gasteiger partial charge in [0.25, 0.3) is 0 Å². The maximum Gasteiger partial charge on any atom is 0.240 e. The lowest BCUT2D eigenvalue weighted by molar-refractivity contribution is -0.120. The van der Waals surface area contributed by atoms with Crippen molar-refractivity contribution in [3.63, 3.8) is 0 Å². The van der Waals surface area contributed by atoms with Gasteiger partial charge in [-0.3, -0.25) is 4.79 Å². The zero-order chi connectivity index (χ0) is 21.8. The third kappa shape index (κ3) is 4.55. The van der Waals surface area contributed by atoms with Crippen molar-refractivity contribution in [1.82, 2.24) is 10.0 Å². The highest BCUT2D eigenvalue weighted by Gasteiger charge is 2.15. The molecule has 4 aromatic rings. The lowest BCUT2D eigenvalue weighted by Gasteiger charge is -2.09. The van der Waals surface area contributed by atoms with Crippen molar-refractivity contribution in [2.45, 2.75) is 11.3 Å². The van der Waals surface area contributed by atoms with Crippen molar-refractivity contribution in [2.75, 3.05) is 20.2 Å². The van der Waals surface area contributed by atoms with Crippen LogP contribution >= 0.6 is 0 Å². The molecule has 7 nitrogen and oxygen atoms in total. The van der Waals surface area contributed by atoms with Gasteiger partial charge in [-0.25, -0.2) is 13.1 Å². The molecule has 0 spiro atoms. The summed E-state index contributed by atoms with van der Waals surface area (Å²) in [5, 5.41) is 5.78. The van der Waals surface area contributed by atoms with Crippen LogP contribution in [0.25, 0.3) is 21.7 Å². The smallest absolute Gasteiger partial charge is 0.240 e. The highest BCUT2D eigenvalue weighted by atomic mass is 32.2. The van der Waals surface area contributed by atoms with Crippen LogP contribution in [0.5, 0.6) is 5.75 Å². The molecule has 0 saturated carbocycles. The molecule has 0 fully saturated rings. The van der Waals surface area contributed by atoms with Crippen LogP contribution < -0.4 is 14.8 Å². The van der Waals surface area contributed by atoms with E-state index in [-0.39, 0.29) is 30.3 Å². The Morgan fingerprint density at radius 1 is 1.00 bits per heavy atom. The summed E-state index contributed by atoms with van der Waals surface area (Å²) < 4.78 is 37.8. The van der Waals surface area contributed by atoms with E-state index in [1.165, 1.54) is 19.2 Å². The molecule has 3 aromatic carbocycles. The maximum atomic E-state index is 12.4. The van der Waals surface area contributed by atoms with Gasteiger partial charge in [0.05, 0.1) is 24.7 Å². The van der Waals surface area contributed by atoms with E-state index in [1.807, 2.05) is 36.4 Å². The van der Waals surface area contributed by atoms with Crippen LogP contribution in [0.1, 0.15) is 5.56 Å². The van der Waals surface area contributed by atoms with Gasteiger partial charge >= 0.3 is 0 Å². The number of rotatable bonds is 8. The van der Waals surface area contributed by atoms with Crippen LogP contribution in [0.4, 0.5) is 0 Å². The summed E-state index contributed by atoms with van der Waals surface area (Å²) in [5.41, 5.74) is 1.52. The molecular weight excluding hydrogens is 416 g/mol. The number of benzene rings is 3. The number of carbonyl (C=O) groups excluding carboxylic acids is 1. The number of amides is 1. The Bertz CT molecular complexity index is 1330. The Kier molecular flexibility index (Phi) is 5.92. The van der Waals surface area contributed by atoms with Gasteiger partial charge in [-0.1, -0.05) is 30.3 Å². The van der Waals surface area contributed by atoms with Crippen LogP contribution in [0.2, 0.25) is 0 Å². The molecule has 0 aliphatic heterocycles. The minimum atomic E-state index is -3.66. The summed E-state index contributed by atoms with van der Waals surface area (Å²) in [7, 11) is -2.14. The average Bonchev–Trinajstić information content (AvgIpc) is 3.20. The van der Waals surface area contributed by atoms with E-state index in [4.69, 9.17) is 9.15 Å². The number of furan rings is 1. The SMILES string of the molecule is COc1ccc(S(=O)(=O)NCCNC(=O)Cc2coc3ccc4ccccc4c23)cc1. The summed E-state index contributed by atoms with van der Waals surface area (Å²) >= 11 is 0. The molecule has 0 unspecified atom stereocenters. The van der Waals surface area contributed by atoms with E-state index >= 15 is 0 Å². The molecule has 31 heavy (non-hydrogen) atoms. The first kappa shape index (κ1) is 20.9. The summed E-state index contributed by atoms with van der Waals surface area (Å²) in [6.45, 7) is 0.250. The van der Waals surface area contributed by atoms with Crippen LogP contribution in [0, 0.1) is 0 Å². The van der Waals surface area contributed by atoms with E-state index in [1.54, 1.807) is 18.4 Å². The number of carbonyl (C=O) groups is 1. The topological polar surface area (TPSA) is 97.6 Å². The van der Waals surface area contributed by atoms with Gasteiger partial charge in [0, 0.05) is 24.0 Å². The molecular formula is C23H22N2O5S. The van der Waals surface area contributed by atoms with E-state index in [0.29, 0.717) is 5.75 Å². The molecule has 4 rings (SSSR count). The third-order valence-corrected chi connectivity index (χ3v) is 6.48. The minimum Gasteiger partial charge on any atom is -0.497 e. The molecule has 2 N–H and O–H groups in total.